The summed E-state index contributed by atoms with van der Waals surface area (Å²) in [7, 11) is 0. The smallest absolute Gasteiger partial charge is 0.254 e. The number of likely N-dealkylation sites (tertiary alicyclic amines) is 1. The number of aliphatic hydroxyl groups excluding tert-OH is 1. The van der Waals surface area contributed by atoms with Crippen LogP contribution in [0.3, 0.4) is 0 Å². The van der Waals surface area contributed by atoms with E-state index in [0.29, 0.717) is 24.3 Å². The summed E-state index contributed by atoms with van der Waals surface area (Å²) < 4.78 is 28.6. The monoisotopic (exact) mass is 437 g/mol. The third-order valence-corrected chi connectivity index (χ3v) is 5.25. The molecule has 0 unspecified atom stereocenters. The highest BCUT2D eigenvalue weighted by molar-refractivity contribution is 5.97. The SMILES string of the molecule is O=C(c1ccc(Nc2nc(-c3c(F)cccc3F)nc3c[nH]c(O)c23)cc1)N1CC(O)C1. The van der Waals surface area contributed by atoms with Gasteiger partial charge in [-0.05, 0) is 36.4 Å². The molecule has 5 rings (SSSR count). The average molecular weight is 437 g/mol. The van der Waals surface area contributed by atoms with Crippen LogP contribution in [0, 0.1) is 11.6 Å². The summed E-state index contributed by atoms with van der Waals surface area (Å²) >= 11 is 0. The largest absolute Gasteiger partial charge is 0.494 e. The maximum Gasteiger partial charge on any atom is 0.254 e. The second kappa shape index (κ2) is 7.57. The Morgan fingerprint density at radius 2 is 1.78 bits per heavy atom. The minimum Gasteiger partial charge on any atom is -0.494 e. The van der Waals surface area contributed by atoms with Crippen LogP contribution < -0.4 is 5.32 Å². The Kier molecular flexibility index (Phi) is 4.71. The number of aromatic hydroxyl groups is 1. The number of hydrogen-bond acceptors (Lipinski definition) is 6. The van der Waals surface area contributed by atoms with E-state index in [2.05, 4.69) is 20.3 Å². The molecule has 1 amide bonds. The lowest BCUT2D eigenvalue weighted by Crippen LogP contribution is -2.53. The zero-order chi connectivity index (χ0) is 22.4. The summed E-state index contributed by atoms with van der Waals surface area (Å²) in [4.78, 5) is 24.9. The number of nitrogens with zero attached hydrogens (tertiary/aromatic N) is 3. The minimum atomic E-state index is -0.811. The topological polar surface area (TPSA) is 114 Å². The predicted molar refractivity (Wildman–Crippen MR) is 113 cm³/mol. The first-order valence-electron chi connectivity index (χ1n) is 9.77. The van der Waals surface area contributed by atoms with E-state index in [4.69, 9.17) is 0 Å². The molecule has 1 aliphatic rings. The Labute approximate surface area is 180 Å². The van der Waals surface area contributed by atoms with Crippen molar-refractivity contribution in [3.8, 4) is 17.3 Å². The van der Waals surface area contributed by atoms with Gasteiger partial charge in [-0.2, -0.15) is 0 Å². The fraction of sp³-hybridized carbons (Fsp3) is 0.136. The first kappa shape index (κ1) is 19.9. The molecule has 0 bridgehead atoms. The van der Waals surface area contributed by atoms with Crippen molar-refractivity contribution in [1.29, 1.82) is 0 Å². The van der Waals surface area contributed by atoms with Crippen molar-refractivity contribution in [3.05, 3.63) is 65.9 Å². The molecule has 2 aromatic carbocycles. The fourth-order valence-electron chi connectivity index (χ4n) is 3.58. The van der Waals surface area contributed by atoms with Gasteiger partial charge in [-0.3, -0.25) is 4.79 Å². The molecule has 0 aliphatic carbocycles. The van der Waals surface area contributed by atoms with Gasteiger partial charge in [0.1, 0.15) is 22.8 Å². The lowest BCUT2D eigenvalue weighted by molar-refractivity contribution is 0.00590. The molecular formula is C22H17F2N5O3. The fourth-order valence-corrected chi connectivity index (χ4v) is 3.58. The van der Waals surface area contributed by atoms with Crippen molar-refractivity contribution in [2.45, 2.75) is 6.10 Å². The maximum absolute atomic E-state index is 14.3. The number of anilines is 2. The molecule has 4 N–H and O–H groups in total. The van der Waals surface area contributed by atoms with Gasteiger partial charge in [0.15, 0.2) is 5.82 Å². The zero-order valence-electron chi connectivity index (χ0n) is 16.5. The van der Waals surface area contributed by atoms with E-state index >= 15 is 0 Å². The van der Waals surface area contributed by atoms with Crippen molar-refractivity contribution in [2.75, 3.05) is 18.4 Å². The van der Waals surface area contributed by atoms with Crippen LogP contribution in [0.5, 0.6) is 5.88 Å². The van der Waals surface area contributed by atoms with E-state index in [1.54, 1.807) is 24.3 Å². The Morgan fingerprint density at radius 3 is 2.44 bits per heavy atom. The molecule has 32 heavy (non-hydrogen) atoms. The van der Waals surface area contributed by atoms with Crippen molar-refractivity contribution in [2.24, 2.45) is 0 Å². The van der Waals surface area contributed by atoms with Gasteiger partial charge < -0.3 is 25.4 Å². The standard InChI is InChI=1S/C22H17F2N5O3/c23-14-2-1-3-15(24)17(14)19-27-16-8-25-21(31)18(16)20(28-19)26-12-6-4-11(5-7-12)22(32)29-9-13(30)10-29/h1-8,13,25,30-31H,9-10H2,(H,26,27,28). The number of β-amino-alcohol motifs (C(OH)–C–C–N with tert-alkyl or cyclic N) is 1. The van der Waals surface area contributed by atoms with Crippen molar-refractivity contribution >= 4 is 28.3 Å². The predicted octanol–water partition coefficient (Wildman–Crippen LogP) is 3.17. The van der Waals surface area contributed by atoms with Crippen LogP contribution in [0.2, 0.25) is 0 Å². The molecule has 1 aliphatic heterocycles. The highest BCUT2D eigenvalue weighted by Gasteiger charge is 2.29. The lowest BCUT2D eigenvalue weighted by Gasteiger charge is -2.35. The summed E-state index contributed by atoms with van der Waals surface area (Å²) in [5.74, 6) is -2.06. The van der Waals surface area contributed by atoms with Gasteiger partial charge in [-0.25, -0.2) is 18.7 Å². The van der Waals surface area contributed by atoms with Crippen molar-refractivity contribution < 1.29 is 23.8 Å². The molecule has 1 saturated heterocycles. The lowest BCUT2D eigenvalue weighted by atomic mass is 10.1. The quantitative estimate of drug-likeness (QED) is 0.390. The molecule has 4 aromatic rings. The molecule has 2 aromatic heterocycles. The minimum absolute atomic E-state index is 0.136. The number of aromatic amines is 1. The van der Waals surface area contributed by atoms with Gasteiger partial charge in [-0.15, -0.1) is 0 Å². The van der Waals surface area contributed by atoms with Gasteiger partial charge in [0.25, 0.3) is 5.91 Å². The Morgan fingerprint density at radius 1 is 1.09 bits per heavy atom. The Bertz CT molecular complexity index is 1310. The molecule has 162 valence electrons. The summed E-state index contributed by atoms with van der Waals surface area (Å²) in [5.41, 5.74) is 0.872. The molecule has 0 atom stereocenters. The average Bonchev–Trinajstić information content (AvgIpc) is 3.12. The van der Waals surface area contributed by atoms with Gasteiger partial charge >= 0.3 is 0 Å². The molecule has 8 nitrogen and oxygen atoms in total. The van der Waals surface area contributed by atoms with E-state index in [1.165, 1.54) is 17.2 Å². The molecule has 0 spiro atoms. The van der Waals surface area contributed by atoms with E-state index < -0.39 is 17.7 Å². The number of H-pyrrole nitrogens is 1. The van der Waals surface area contributed by atoms with E-state index in [9.17, 15) is 23.8 Å². The number of fused-ring (bicyclic) bond motifs is 1. The number of rotatable bonds is 4. The van der Waals surface area contributed by atoms with Gasteiger partial charge in [0, 0.05) is 30.5 Å². The van der Waals surface area contributed by atoms with Gasteiger partial charge in [0.2, 0.25) is 5.88 Å². The summed E-state index contributed by atoms with van der Waals surface area (Å²) in [6, 6.07) is 9.98. The first-order valence-corrected chi connectivity index (χ1v) is 9.77. The second-order valence-corrected chi connectivity index (χ2v) is 7.46. The third kappa shape index (κ3) is 3.40. The molecule has 3 heterocycles. The molecule has 0 radical (unpaired) electrons. The van der Waals surface area contributed by atoms with Crippen molar-refractivity contribution in [1.82, 2.24) is 19.9 Å². The highest BCUT2D eigenvalue weighted by atomic mass is 19.1. The van der Waals surface area contributed by atoms with Crippen LogP contribution in [0.4, 0.5) is 20.3 Å². The number of aromatic nitrogens is 3. The summed E-state index contributed by atoms with van der Waals surface area (Å²) in [6.07, 6.45) is 0.922. The first-order chi connectivity index (χ1) is 15.4. The van der Waals surface area contributed by atoms with Crippen LogP contribution in [0.1, 0.15) is 10.4 Å². The van der Waals surface area contributed by atoms with Crippen LogP contribution in [0.15, 0.2) is 48.7 Å². The second-order valence-electron chi connectivity index (χ2n) is 7.46. The van der Waals surface area contributed by atoms with Crippen LogP contribution in [0.25, 0.3) is 22.3 Å². The molecular weight excluding hydrogens is 420 g/mol. The van der Waals surface area contributed by atoms with E-state index in [0.717, 1.165) is 12.1 Å². The van der Waals surface area contributed by atoms with Crippen LogP contribution >= 0.6 is 0 Å². The maximum atomic E-state index is 14.3. The summed E-state index contributed by atoms with van der Waals surface area (Å²) in [6.45, 7) is 0.611. The number of carbonyl (C=O) groups is 1. The number of aliphatic hydroxyl groups is 1. The normalized spacial score (nSPS) is 13.9. The van der Waals surface area contributed by atoms with E-state index in [1.807, 2.05) is 0 Å². The van der Waals surface area contributed by atoms with Crippen LogP contribution in [-0.4, -0.2) is 55.2 Å². The highest BCUT2D eigenvalue weighted by Crippen LogP contribution is 2.34. The number of hydrogen-bond donors (Lipinski definition) is 4. The van der Waals surface area contributed by atoms with Crippen LogP contribution in [-0.2, 0) is 0 Å². The molecule has 0 saturated carbocycles. The Hall–Kier alpha value is -4.05. The number of benzene rings is 2. The number of nitrogens with one attached hydrogen (secondary N) is 2. The number of amides is 1. The third-order valence-electron chi connectivity index (χ3n) is 5.25. The van der Waals surface area contributed by atoms with Gasteiger partial charge in [-0.1, -0.05) is 6.07 Å². The Balaban J connectivity index is 1.50. The number of halogens is 2. The summed E-state index contributed by atoms with van der Waals surface area (Å²) in [5, 5.41) is 22.8. The van der Waals surface area contributed by atoms with Gasteiger partial charge in [0.05, 0.1) is 17.2 Å². The molecule has 1 fully saturated rings. The van der Waals surface area contributed by atoms with E-state index in [-0.39, 0.29) is 39.9 Å². The molecule has 10 heteroatoms. The number of carbonyl (C=O) groups excluding carboxylic acids is 1. The zero-order valence-corrected chi connectivity index (χ0v) is 16.5. The van der Waals surface area contributed by atoms with Crippen molar-refractivity contribution in [3.63, 3.8) is 0 Å².